The van der Waals surface area contributed by atoms with Gasteiger partial charge in [-0.25, -0.2) is 0 Å². The predicted octanol–water partition coefficient (Wildman–Crippen LogP) is 2.76. The van der Waals surface area contributed by atoms with Gasteiger partial charge >= 0.3 is 0 Å². The second kappa shape index (κ2) is 8.63. The molecule has 1 aromatic rings. The van der Waals surface area contributed by atoms with Crippen molar-refractivity contribution in [2.24, 2.45) is 10.8 Å². The molecular formula is C15H22N4O. The summed E-state index contributed by atoms with van der Waals surface area (Å²) in [5.41, 5.74) is 10.4. The summed E-state index contributed by atoms with van der Waals surface area (Å²) in [4.78, 5) is 0. The summed E-state index contributed by atoms with van der Waals surface area (Å²) in [6.07, 6.45) is 2.38. The van der Waals surface area contributed by atoms with Crippen molar-refractivity contribution in [3.05, 3.63) is 54.5 Å². The van der Waals surface area contributed by atoms with Gasteiger partial charge in [0, 0.05) is 12.6 Å². The average molecular weight is 274 g/mol. The highest BCUT2D eigenvalue weighted by molar-refractivity contribution is 5.79. The summed E-state index contributed by atoms with van der Waals surface area (Å²) in [6, 6.07) is 9.72. The van der Waals surface area contributed by atoms with Crippen LogP contribution >= 0.6 is 0 Å². The van der Waals surface area contributed by atoms with E-state index in [0.717, 1.165) is 11.3 Å². The first-order valence-electron chi connectivity index (χ1n) is 6.48. The zero-order valence-corrected chi connectivity index (χ0v) is 12.0. The van der Waals surface area contributed by atoms with Gasteiger partial charge in [-0.2, -0.15) is 0 Å². The Hall–Kier alpha value is -2.43. The third-order valence-corrected chi connectivity index (χ3v) is 2.33. The maximum atomic E-state index is 5.51. The number of nitrogens with one attached hydrogen (secondary N) is 2. The van der Waals surface area contributed by atoms with Crippen LogP contribution in [0, 0.1) is 0 Å². The molecule has 1 rings (SSSR count). The lowest BCUT2D eigenvalue weighted by atomic mass is 10.2. The fraction of sp³-hybridized carbons (Fsp3) is 0.267. The summed E-state index contributed by atoms with van der Waals surface area (Å²) < 4.78 is 5.51. The van der Waals surface area contributed by atoms with E-state index >= 15 is 0 Å². The largest absolute Gasteiger partial charge is 0.480 e. The Labute approximate surface area is 120 Å². The molecule has 0 aliphatic carbocycles. The third-order valence-electron chi connectivity index (χ3n) is 2.33. The molecule has 5 nitrogen and oxygen atoms in total. The minimum Gasteiger partial charge on any atom is -0.480 e. The number of nitrogens with two attached hydrogens (primary N) is 1. The molecule has 0 amide bonds. The van der Waals surface area contributed by atoms with Crippen molar-refractivity contribution >= 4 is 11.6 Å². The number of hydrazone groups is 1. The van der Waals surface area contributed by atoms with Crippen LogP contribution in [0.1, 0.15) is 20.3 Å². The SMILES string of the molecule is C=C(N)N/C=C(\C)C/C(=N\Nc1ccccc1)OCC. The van der Waals surface area contributed by atoms with E-state index in [2.05, 4.69) is 22.4 Å². The van der Waals surface area contributed by atoms with Gasteiger partial charge in [0.2, 0.25) is 5.90 Å². The van der Waals surface area contributed by atoms with Crippen LogP contribution in [0.4, 0.5) is 5.69 Å². The fourth-order valence-corrected chi connectivity index (χ4v) is 1.43. The standard InChI is InChI=1S/C15H22N4O/c1-4-20-15(10-12(2)11-17-13(3)16)19-18-14-8-6-5-7-9-14/h5-9,11,17-18H,3-4,10,16H2,1-2H3/b12-11+,19-15+. The van der Waals surface area contributed by atoms with Crippen LogP contribution in [-0.4, -0.2) is 12.5 Å². The molecule has 0 bridgehead atoms. The molecule has 20 heavy (non-hydrogen) atoms. The maximum Gasteiger partial charge on any atom is 0.210 e. The summed E-state index contributed by atoms with van der Waals surface area (Å²) in [5, 5.41) is 7.13. The van der Waals surface area contributed by atoms with Gasteiger partial charge in [-0.3, -0.25) is 5.43 Å². The van der Waals surface area contributed by atoms with Gasteiger partial charge in [0.15, 0.2) is 0 Å². The first-order valence-corrected chi connectivity index (χ1v) is 6.48. The summed E-state index contributed by atoms with van der Waals surface area (Å²) in [5.74, 6) is 1.02. The molecular weight excluding hydrogens is 252 g/mol. The molecule has 0 unspecified atom stereocenters. The lowest BCUT2D eigenvalue weighted by Gasteiger charge is -2.09. The van der Waals surface area contributed by atoms with Crippen molar-refractivity contribution < 1.29 is 4.74 Å². The van der Waals surface area contributed by atoms with E-state index in [4.69, 9.17) is 10.5 Å². The number of hydrogen-bond acceptors (Lipinski definition) is 5. The Morgan fingerprint density at radius 3 is 2.70 bits per heavy atom. The van der Waals surface area contributed by atoms with E-state index in [0.29, 0.717) is 24.7 Å². The Balaban J connectivity index is 2.63. The van der Waals surface area contributed by atoms with E-state index in [-0.39, 0.29) is 0 Å². The van der Waals surface area contributed by atoms with Crippen LogP contribution in [-0.2, 0) is 4.74 Å². The van der Waals surface area contributed by atoms with Gasteiger partial charge in [0.25, 0.3) is 0 Å². The minimum atomic E-state index is 0.404. The molecule has 5 heteroatoms. The van der Waals surface area contributed by atoms with Crippen molar-refractivity contribution in [2.45, 2.75) is 20.3 Å². The fourth-order valence-electron chi connectivity index (χ4n) is 1.43. The number of anilines is 1. The van der Waals surface area contributed by atoms with Crippen LogP contribution in [0.15, 0.2) is 59.6 Å². The molecule has 108 valence electrons. The molecule has 1 aromatic carbocycles. The van der Waals surface area contributed by atoms with E-state index < -0.39 is 0 Å². The van der Waals surface area contributed by atoms with E-state index in [1.54, 1.807) is 6.20 Å². The lowest BCUT2D eigenvalue weighted by Crippen LogP contribution is -2.14. The average Bonchev–Trinajstić information content (AvgIpc) is 2.44. The molecule has 0 aliphatic rings. The van der Waals surface area contributed by atoms with Gasteiger partial charge in [-0.15, -0.1) is 5.10 Å². The number of para-hydroxylation sites is 1. The molecule has 0 spiro atoms. The van der Waals surface area contributed by atoms with Crippen molar-refractivity contribution in [3.63, 3.8) is 0 Å². The molecule has 4 N–H and O–H groups in total. The second-order valence-electron chi connectivity index (χ2n) is 4.25. The van der Waals surface area contributed by atoms with E-state index in [1.165, 1.54) is 0 Å². The quantitative estimate of drug-likeness (QED) is 0.406. The first kappa shape index (κ1) is 15.6. The summed E-state index contributed by atoms with van der Waals surface area (Å²) >= 11 is 0. The van der Waals surface area contributed by atoms with Crippen LogP contribution in [0.5, 0.6) is 0 Å². The Kier molecular flexibility index (Phi) is 6.75. The molecule has 0 radical (unpaired) electrons. The monoisotopic (exact) mass is 274 g/mol. The molecule has 0 aromatic heterocycles. The Morgan fingerprint density at radius 2 is 2.10 bits per heavy atom. The van der Waals surface area contributed by atoms with Crippen LogP contribution in [0.3, 0.4) is 0 Å². The van der Waals surface area contributed by atoms with E-state index in [9.17, 15) is 0 Å². The van der Waals surface area contributed by atoms with Crippen molar-refractivity contribution in [3.8, 4) is 0 Å². The second-order valence-corrected chi connectivity index (χ2v) is 4.25. The minimum absolute atomic E-state index is 0.404. The number of ether oxygens (including phenoxy) is 1. The highest BCUT2D eigenvalue weighted by atomic mass is 16.5. The smallest absolute Gasteiger partial charge is 0.210 e. The van der Waals surface area contributed by atoms with E-state index in [1.807, 2.05) is 44.2 Å². The highest BCUT2D eigenvalue weighted by Gasteiger charge is 2.02. The number of nitrogens with zero attached hydrogens (tertiary/aromatic N) is 1. The zero-order valence-electron chi connectivity index (χ0n) is 12.0. The van der Waals surface area contributed by atoms with Crippen molar-refractivity contribution in [2.75, 3.05) is 12.0 Å². The number of benzene rings is 1. The number of rotatable bonds is 7. The first-order chi connectivity index (χ1) is 9.61. The van der Waals surface area contributed by atoms with Crippen molar-refractivity contribution in [1.29, 1.82) is 0 Å². The maximum absolute atomic E-state index is 5.51. The third kappa shape index (κ3) is 6.49. The molecule has 0 fully saturated rings. The Bertz CT molecular complexity index is 480. The molecule has 0 aliphatic heterocycles. The molecule has 0 heterocycles. The van der Waals surface area contributed by atoms with Gasteiger partial charge in [0.05, 0.1) is 18.1 Å². The topological polar surface area (TPSA) is 71.7 Å². The van der Waals surface area contributed by atoms with Crippen LogP contribution in [0.2, 0.25) is 0 Å². The Morgan fingerprint density at radius 1 is 1.40 bits per heavy atom. The normalized spacial score (nSPS) is 11.9. The van der Waals surface area contributed by atoms with Crippen molar-refractivity contribution in [1.82, 2.24) is 5.32 Å². The summed E-state index contributed by atoms with van der Waals surface area (Å²) in [6.45, 7) is 8.03. The predicted molar refractivity (Wildman–Crippen MR) is 84.0 cm³/mol. The van der Waals surface area contributed by atoms with Gasteiger partial charge in [0.1, 0.15) is 0 Å². The molecule has 0 saturated heterocycles. The number of hydrogen-bond donors (Lipinski definition) is 3. The van der Waals surface area contributed by atoms with Crippen LogP contribution < -0.4 is 16.5 Å². The molecule has 0 atom stereocenters. The lowest BCUT2D eigenvalue weighted by molar-refractivity contribution is 0.319. The molecule has 0 saturated carbocycles. The van der Waals surface area contributed by atoms with Gasteiger partial charge < -0.3 is 15.8 Å². The van der Waals surface area contributed by atoms with Gasteiger partial charge in [-0.05, 0) is 31.6 Å². The summed E-state index contributed by atoms with van der Waals surface area (Å²) in [7, 11) is 0. The zero-order chi connectivity index (χ0) is 14.8. The highest BCUT2D eigenvalue weighted by Crippen LogP contribution is 2.07. The van der Waals surface area contributed by atoms with Gasteiger partial charge in [-0.1, -0.05) is 24.8 Å². The van der Waals surface area contributed by atoms with Crippen LogP contribution in [0.25, 0.3) is 0 Å².